The third-order valence-electron chi connectivity index (χ3n) is 4.75. The molecule has 2 aromatic carbocycles. The monoisotopic (exact) mass is 472 g/mol. The molecule has 0 aromatic heterocycles. The second-order valence-electron chi connectivity index (χ2n) is 6.92. The number of carbonyl (C=O) groups excluding carboxylic acids is 1. The Morgan fingerprint density at radius 2 is 1.87 bits per heavy atom. The summed E-state index contributed by atoms with van der Waals surface area (Å²) in [4.78, 5) is 13.1. The Bertz CT molecular complexity index is 1050. The average molecular weight is 473 g/mol. The molecule has 0 saturated heterocycles. The van der Waals surface area contributed by atoms with Crippen LogP contribution in [0.4, 0.5) is 10.1 Å². The SMILES string of the molecule is CC[C@H](C(=O)N[C@H](C)c1cc(OC)ccc1OC)N(c1ccc(F)c(Cl)c1)S(C)(=O)=O. The Kier molecular flexibility index (Phi) is 8.14. The lowest BCUT2D eigenvalue weighted by molar-refractivity contribution is -0.122. The van der Waals surface area contributed by atoms with Gasteiger partial charge in [0, 0.05) is 5.56 Å². The molecule has 170 valence electrons. The van der Waals surface area contributed by atoms with Crippen molar-refractivity contribution in [3.05, 3.63) is 52.8 Å². The van der Waals surface area contributed by atoms with E-state index >= 15 is 0 Å². The van der Waals surface area contributed by atoms with Crippen LogP contribution in [0.2, 0.25) is 5.02 Å². The molecule has 0 radical (unpaired) electrons. The maximum Gasteiger partial charge on any atom is 0.244 e. The highest BCUT2D eigenvalue weighted by Crippen LogP contribution is 2.31. The minimum absolute atomic E-state index is 0.0995. The third kappa shape index (κ3) is 5.80. The maximum atomic E-state index is 13.6. The molecule has 0 saturated carbocycles. The smallest absolute Gasteiger partial charge is 0.244 e. The number of benzene rings is 2. The fourth-order valence-electron chi connectivity index (χ4n) is 3.25. The Morgan fingerprint density at radius 1 is 1.19 bits per heavy atom. The van der Waals surface area contributed by atoms with Crippen LogP contribution in [0.25, 0.3) is 0 Å². The maximum absolute atomic E-state index is 13.6. The zero-order valence-corrected chi connectivity index (χ0v) is 19.6. The number of methoxy groups -OCH3 is 2. The number of rotatable bonds is 9. The van der Waals surface area contributed by atoms with Crippen molar-refractivity contribution < 1.29 is 27.1 Å². The average Bonchev–Trinajstić information content (AvgIpc) is 2.72. The highest BCUT2D eigenvalue weighted by Gasteiger charge is 2.33. The predicted octanol–water partition coefficient (Wildman–Crippen LogP) is 3.92. The van der Waals surface area contributed by atoms with Crippen molar-refractivity contribution in [2.45, 2.75) is 32.4 Å². The van der Waals surface area contributed by atoms with Gasteiger partial charge in [-0.1, -0.05) is 18.5 Å². The van der Waals surface area contributed by atoms with Crippen LogP contribution in [0.5, 0.6) is 11.5 Å². The summed E-state index contributed by atoms with van der Waals surface area (Å²) in [7, 11) is -0.841. The van der Waals surface area contributed by atoms with E-state index in [0.717, 1.165) is 16.6 Å². The van der Waals surface area contributed by atoms with Crippen molar-refractivity contribution in [1.29, 1.82) is 0 Å². The number of amides is 1. The van der Waals surface area contributed by atoms with Crippen LogP contribution in [0.3, 0.4) is 0 Å². The molecule has 1 amide bonds. The summed E-state index contributed by atoms with van der Waals surface area (Å²) >= 11 is 5.84. The molecular formula is C21H26ClFN2O5S. The number of hydrogen-bond donors (Lipinski definition) is 1. The summed E-state index contributed by atoms with van der Waals surface area (Å²) in [6.45, 7) is 3.44. The van der Waals surface area contributed by atoms with Gasteiger partial charge in [0.1, 0.15) is 23.4 Å². The van der Waals surface area contributed by atoms with Crippen LogP contribution < -0.4 is 19.1 Å². The fraction of sp³-hybridized carbons (Fsp3) is 0.381. The summed E-state index contributed by atoms with van der Waals surface area (Å²) in [6.07, 6.45) is 1.16. The standard InChI is InChI=1S/C21H26ClFN2O5S/c1-6-19(25(31(5,27)28)14-7-9-18(23)17(22)11-14)21(26)24-13(2)16-12-15(29-3)8-10-20(16)30-4/h7-13,19H,6H2,1-5H3,(H,24,26)/t13-,19-/m1/s1. The van der Waals surface area contributed by atoms with Gasteiger partial charge in [0.15, 0.2) is 0 Å². The molecule has 10 heteroatoms. The Balaban J connectivity index is 2.39. The van der Waals surface area contributed by atoms with Gasteiger partial charge in [-0.3, -0.25) is 9.10 Å². The molecule has 1 N–H and O–H groups in total. The zero-order valence-electron chi connectivity index (χ0n) is 18.0. The first-order valence-electron chi connectivity index (χ1n) is 9.50. The number of sulfonamides is 1. The van der Waals surface area contributed by atoms with E-state index in [2.05, 4.69) is 5.32 Å². The van der Waals surface area contributed by atoms with Crippen LogP contribution in [-0.2, 0) is 14.8 Å². The second-order valence-corrected chi connectivity index (χ2v) is 9.19. The largest absolute Gasteiger partial charge is 0.497 e. The van der Waals surface area contributed by atoms with Crippen LogP contribution in [0.15, 0.2) is 36.4 Å². The molecule has 0 heterocycles. The van der Waals surface area contributed by atoms with Crippen LogP contribution in [-0.4, -0.2) is 40.8 Å². The molecule has 0 aliphatic rings. The minimum atomic E-state index is -3.88. The highest BCUT2D eigenvalue weighted by molar-refractivity contribution is 7.92. The van der Waals surface area contributed by atoms with Crippen LogP contribution in [0.1, 0.15) is 31.9 Å². The van der Waals surface area contributed by atoms with Gasteiger partial charge in [0.2, 0.25) is 15.9 Å². The van der Waals surface area contributed by atoms with Gasteiger partial charge in [-0.25, -0.2) is 12.8 Å². The Morgan fingerprint density at radius 3 is 2.39 bits per heavy atom. The molecular weight excluding hydrogens is 447 g/mol. The quantitative estimate of drug-likeness (QED) is 0.598. The van der Waals surface area contributed by atoms with Crippen molar-refractivity contribution >= 4 is 33.2 Å². The van der Waals surface area contributed by atoms with Crippen LogP contribution >= 0.6 is 11.6 Å². The Hall–Kier alpha value is -2.52. The number of anilines is 1. The topological polar surface area (TPSA) is 84.9 Å². The molecule has 2 rings (SSSR count). The molecule has 0 fully saturated rings. The second kappa shape index (κ2) is 10.2. The van der Waals surface area contributed by atoms with Crippen molar-refractivity contribution in [3.63, 3.8) is 0 Å². The van der Waals surface area contributed by atoms with Gasteiger partial charge < -0.3 is 14.8 Å². The fourth-order valence-corrected chi connectivity index (χ4v) is 4.63. The highest BCUT2D eigenvalue weighted by atomic mass is 35.5. The van der Waals surface area contributed by atoms with Gasteiger partial charge >= 0.3 is 0 Å². The van der Waals surface area contributed by atoms with Crippen molar-refractivity contribution in [2.75, 3.05) is 24.8 Å². The number of nitrogens with zero attached hydrogens (tertiary/aromatic N) is 1. The van der Waals surface area contributed by atoms with E-state index in [4.69, 9.17) is 21.1 Å². The van der Waals surface area contributed by atoms with Gasteiger partial charge in [-0.2, -0.15) is 0 Å². The van der Waals surface area contributed by atoms with E-state index in [9.17, 15) is 17.6 Å². The predicted molar refractivity (Wildman–Crippen MR) is 119 cm³/mol. The molecule has 0 unspecified atom stereocenters. The summed E-state index contributed by atoms with van der Waals surface area (Å²) < 4.78 is 50.2. The number of nitrogens with one attached hydrogen (secondary N) is 1. The van der Waals surface area contributed by atoms with Crippen molar-refractivity contribution in [3.8, 4) is 11.5 Å². The molecule has 0 bridgehead atoms. The lowest BCUT2D eigenvalue weighted by Gasteiger charge is -2.31. The number of hydrogen-bond acceptors (Lipinski definition) is 5. The first-order chi connectivity index (χ1) is 14.5. The molecule has 0 aliphatic carbocycles. The molecule has 0 aliphatic heterocycles. The molecule has 7 nitrogen and oxygen atoms in total. The van der Waals surface area contributed by atoms with Crippen molar-refractivity contribution in [1.82, 2.24) is 5.32 Å². The first kappa shape index (κ1) is 24.7. The van der Waals surface area contributed by atoms with Crippen molar-refractivity contribution in [2.24, 2.45) is 0 Å². The van der Waals surface area contributed by atoms with E-state index in [-0.39, 0.29) is 17.1 Å². The van der Waals surface area contributed by atoms with Gasteiger partial charge in [0.05, 0.1) is 37.2 Å². The summed E-state index contributed by atoms with van der Waals surface area (Å²) in [5, 5.41) is 2.59. The lowest BCUT2D eigenvalue weighted by Crippen LogP contribution is -2.49. The van der Waals surface area contributed by atoms with E-state index in [0.29, 0.717) is 17.1 Å². The molecule has 2 aromatic rings. The molecule has 2 atom stereocenters. The van der Waals surface area contributed by atoms with E-state index < -0.39 is 33.8 Å². The lowest BCUT2D eigenvalue weighted by atomic mass is 10.1. The molecule has 31 heavy (non-hydrogen) atoms. The number of ether oxygens (including phenoxy) is 2. The summed E-state index contributed by atoms with van der Waals surface area (Å²) in [5.41, 5.74) is 0.767. The van der Waals surface area contributed by atoms with E-state index in [1.807, 2.05) is 0 Å². The normalized spacial score (nSPS) is 13.3. The molecule has 0 spiro atoms. The summed E-state index contributed by atoms with van der Waals surface area (Å²) in [6, 6.07) is 7.12. The summed E-state index contributed by atoms with van der Waals surface area (Å²) in [5.74, 6) is -0.0737. The number of halogens is 2. The first-order valence-corrected chi connectivity index (χ1v) is 11.7. The van der Waals surface area contributed by atoms with Gasteiger partial charge in [-0.05, 0) is 49.7 Å². The van der Waals surface area contributed by atoms with E-state index in [1.165, 1.54) is 26.4 Å². The zero-order chi connectivity index (χ0) is 23.3. The minimum Gasteiger partial charge on any atom is -0.497 e. The van der Waals surface area contributed by atoms with Gasteiger partial charge in [-0.15, -0.1) is 0 Å². The van der Waals surface area contributed by atoms with E-state index in [1.54, 1.807) is 32.0 Å². The Labute approximate surface area is 187 Å². The third-order valence-corrected chi connectivity index (χ3v) is 6.22. The number of carbonyl (C=O) groups is 1. The van der Waals surface area contributed by atoms with Crippen LogP contribution in [0, 0.1) is 5.82 Å². The van der Waals surface area contributed by atoms with Gasteiger partial charge in [0.25, 0.3) is 0 Å².